The number of ether oxygens (including phenoxy) is 2. The molecule has 0 saturated heterocycles. The lowest BCUT2D eigenvalue weighted by Gasteiger charge is -2.14. The van der Waals surface area contributed by atoms with Gasteiger partial charge < -0.3 is 14.8 Å². The molecule has 20 heavy (non-hydrogen) atoms. The number of aromatic nitrogens is 3. The van der Waals surface area contributed by atoms with Gasteiger partial charge >= 0.3 is 0 Å². The second-order valence-corrected chi connectivity index (χ2v) is 5.14. The predicted molar refractivity (Wildman–Crippen MR) is 78.9 cm³/mol. The highest BCUT2D eigenvalue weighted by Gasteiger charge is 2.12. The first-order valence-corrected chi connectivity index (χ1v) is 6.94. The van der Waals surface area contributed by atoms with Gasteiger partial charge in [-0.2, -0.15) is 5.10 Å². The highest BCUT2D eigenvalue weighted by Crippen LogP contribution is 2.36. The van der Waals surface area contributed by atoms with Crippen LogP contribution >= 0.6 is 15.9 Å². The van der Waals surface area contributed by atoms with Crippen molar-refractivity contribution >= 4 is 15.9 Å². The van der Waals surface area contributed by atoms with Crippen LogP contribution in [0.2, 0.25) is 0 Å². The molecular formula is C13H17BrN4O2. The van der Waals surface area contributed by atoms with E-state index in [2.05, 4.69) is 36.4 Å². The largest absolute Gasteiger partial charge is 0.493 e. The first-order chi connectivity index (χ1) is 9.65. The summed E-state index contributed by atoms with van der Waals surface area (Å²) in [6, 6.07) is 4.04. The van der Waals surface area contributed by atoms with Gasteiger partial charge in [-0.3, -0.25) is 5.10 Å². The summed E-state index contributed by atoms with van der Waals surface area (Å²) in [5.74, 6) is 2.20. The predicted octanol–water partition coefficient (Wildman–Crippen LogP) is 2.44. The number of halogens is 1. The van der Waals surface area contributed by atoms with Crippen LogP contribution in [0.15, 0.2) is 22.9 Å². The third-order valence-corrected chi connectivity index (χ3v) is 3.54. The second-order valence-electron chi connectivity index (χ2n) is 4.29. The highest BCUT2D eigenvalue weighted by molar-refractivity contribution is 9.10. The maximum absolute atomic E-state index is 5.33. The molecule has 0 spiro atoms. The standard InChI is InChI=1S/C13H17BrN4O2/c1-8(13-16-7-17-18-13)15-6-9-4-10(14)12(20-3)11(5-9)19-2/h4-5,7-8,15H,6H2,1-3H3,(H,16,17,18). The van der Waals surface area contributed by atoms with Crippen LogP contribution in [0.4, 0.5) is 0 Å². The van der Waals surface area contributed by atoms with Crippen LogP contribution in [0.5, 0.6) is 11.5 Å². The molecule has 0 amide bonds. The lowest BCUT2D eigenvalue weighted by Crippen LogP contribution is -2.19. The number of methoxy groups -OCH3 is 2. The number of nitrogens with one attached hydrogen (secondary N) is 2. The van der Waals surface area contributed by atoms with Crippen molar-refractivity contribution in [3.63, 3.8) is 0 Å². The minimum atomic E-state index is 0.0874. The molecule has 0 aliphatic heterocycles. The molecule has 1 aromatic carbocycles. The van der Waals surface area contributed by atoms with Gasteiger partial charge in [-0.25, -0.2) is 4.98 Å². The number of aromatic amines is 1. The van der Waals surface area contributed by atoms with Crippen LogP contribution in [0.3, 0.4) is 0 Å². The van der Waals surface area contributed by atoms with E-state index in [-0.39, 0.29) is 6.04 Å². The molecular weight excluding hydrogens is 324 g/mol. The van der Waals surface area contributed by atoms with Gasteiger partial charge in [-0.1, -0.05) is 0 Å². The molecule has 108 valence electrons. The molecule has 0 radical (unpaired) electrons. The van der Waals surface area contributed by atoms with Crippen LogP contribution in [-0.4, -0.2) is 29.4 Å². The van der Waals surface area contributed by atoms with E-state index in [9.17, 15) is 0 Å². The van der Waals surface area contributed by atoms with Gasteiger partial charge in [0.2, 0.25) is 0 Å². The molecule has 6 nitrogen and oxygen atoms in total. The summed E-state index contributed by atoms with van der Waals surface area (Å²) in [5, 5.41) is 10.1. The van der Waals surface area contributed by atoms with Gasteiger partial charge in [0.25, 0.3) is 0 Å². The third-order valence-electron chi connectivity index (χ3n) is 2.95. The van der Waals surface area contributed by atoms with Crippen LogP contribution < -0.4 is 14.8 Å². The van der Waals surface area contributed by atoms with Gasteiger partial charge in [0, 0.05) is 6.54 Å². The minimum Gasteiger partial charge on any atom is -0.493 e. The fraction of sp³-hybridized carbons (Fsp3) is 0.385. The molecule has 0 aliphatic carbocycles. The quantitative estimate of drug-likeness (QED) is 0.844. The van der Waals surface area contributed by atoms with Crippen LogP contribution in [-0.2, 0) is 6.54 Å². The Balaban J connectivity index is 2.08. The SMILES string of the molecule is COc1cc(CNC(C)c2ncn[nH]2)cc(Br)c1OC. The molecule has 0 bridgehead atoms. The smallest absolute Gasteiger partial charge is 0.174 e. The van der Waals surface area contributed by atoms with E-state index in [0.717, 1.165) is 15.9 Å². The summed E-state index contributed by atoms with van der Waals surface area (Å²) in [6.07, 6.45) is 1.50. The van der Waals surface area contributed by atoms with E-state index >= 15 is 0 Å². The Morgan fingerprint density at radius 3 is 2.75 bits per heavy atom. The van der Waals surface area contributed by atoms with E-state index in [4.69, 9.17) is 9.47 Å². The second kappa shape index (κ2) is 6.71. The van der Waals surface area contributed by atoms with E-state index in [1.165, 1.54) is 6.33 Å². The number of benzene rings is 1. The zero-order valence-electron chi connectivity index (χ0n) is 11.6. The van der Waals surface area contributed by atoms with Crippen molar-refractivity contribution in [2.45, 2.75) is 19.5 Å². The fourth-order valence-electron chi connectivity index (χ4n) is 1.86. The minimum absolute atomic E-state index is 0.0874. The zero-order chi connectivity index (χ0) is 14.5. The lowest BCUT2D eigenvalue weighted by molar-refractivity contribution is 0.352. The van der Waals surface area contributed by atoms with Gasteiger partial charge in [-0.05, 0) is 40.5 Å². The summed E-state index contributed by atoms with van der Waals surface area (Å²) in [6.45, 7) is 2.71. The first-order valence-electron chi connectivity index (χ1n) is 6.14. The first kappa shape index (κ1) is 14.8. The summed E-state index contributed by atoms with van der Waals surface area (Å²) in [7, 11) is 3.24. The van der Waals surface area contributed by atoms with Crippen molar-refractivity contribution in [3.05, 3.63) is 34.3 Å². The maximum Gasteiger partial charge on any atom is 0.174 e. The lowest BCUT2D eigenvalue weighted by atomic mass is 10.2. The average molecular weight is 341 g/mol. The van der Waals surface area contributed by atoms with E-state index in [1.54, 1.807) is 14.2 Å². The molecule has 0 aliphatic rings. The van der Waals surface area contributed by atoms with Crippen molar-refractivity contribution in [2.24, 2.45) is 0 Å². The molecule has 2 rings (SSSR count). The molecule has 0 saturated carbocycles. The van der Waals surface area contributed by atoms with E-state index < -0.39 is 0 Å². The number of hydrogen-bond acceptors (Lipinski definition) is 5. The van der Waals surface area contributed by atoms with Gasteiger partial charge in [0.15, 0.2) is 11.5 Å². The Hall–Kier alpha value is -1.60. The molecule has 1 heterocycles. The monoisotopic (exact) mass is 340 g/mol. The normalized spacial score (nSPS) is 12.2. The Morgan fingerprint density at radius 2 is 2.15 bits per heavy atom. The Kier molecular flexibility index (Phi) is 4.97. The van der Waals surface area contributed by atoms with Gasteiger partial charge in [0.05, 0.1) is 24.7 Å². The van der Waals surface area contributed by atoms with Crippen molar-refractivity contribution < 1.29 is 9.47 Å². The molecule has 2 aromatic rings. The van der Waals surface area contributed by atoms with Crippen molar-refractivity contribution in [1.29, 1.82) is 0 Å². The summed E-state index contributed by atoms with van der Waals surface area (Å²) in [5.41, 5.74) is 1.08. The van der Waals surface area contributed by atoms with Gasteiger partial charge in [0.1, 0.15) is 12.2 Å². The summed E-state index contributed by atoms with van der Waals surface area (Å²) < 4.78 is 11.5. The Labute approximate surface area is 126 Å². The number of H-pyrrole nitrogens is 1. The summed E-state index contributed by atoms with van der Waals surface area (Å²) >= 11 is 3.48. The molecule has 1 unspecified atom stereocenters. The summed E-state index contributed by atoms with van der Waals surface area (Å²) in [4.78, 5) is 4.12. The van der Waals surface area contributed by atoms with Crippen molar-refractivity contribution in [1.82, 2.24) is 20.5 Å². The van der Waals surface area contributed by atoms with Crippen molar-refractivity contribution in [2.75, 3.05) is 14.2 Å². The molecule has 0 fully saturated rings. The highest BCUT2D eigenvalue weighted by atomic mass is 79.9. The van der Waals surface area contributed by atoms with E-state index in [1.807, 2.05) is 19.1 Å². The maximum atomic E-state index is 5.33. The van der Waals surface area contributed by atoms with Crippen molar-refractivity contribution in [3.8, 4) is 11.5 Å². The third kappa shape index (κ3) is 3.29. The Bertz CT molecular complexity index is 560. The van der Waals surface area contributed by atoms with Crippen LogP contribution in [0, 0.1) is 0 Å². The van der Waals surface area contributed by atoms with E-state index in [0.29, 0.717) is 18.0 Å². The molecule has 2 N–H and O–H groups in total. The number of nitrogens with zero attached hydrogens (tertiary/aromatic N) is 2. The number of rotatable bonds is 6. The Morgan fingerprint density at radius 1 is 1.35 bits per heavy atom. The molecule has 7 heteroatoms. The van der Waals surface area contributed by atoms with Crippen LogP contribution in [0.25, 0.3) is 0 Å². The zero-order valence-corrected chi connectivity index (χ0v) is 13.2. The van der Waals surface area contributed by atoms with Crippen LogP contribution in [0.1, 0.15) is 24.4 Å². The topological polar surface area (TPSA) is 72.1 Å². The molecule has 1 aromatic heterocycles. The number of hydrogen-bond donors (Lipinski definition) is 2. The fourth-order valence-corrected chi connectivity index (χ4v) is 2.52. The average Bonchev–Trinajstić information content (AvgIpc) is 2.98. The molecule has 1 atom stereocenters. The van der Waals surface area contributed by atoms with Gasteiger partial charge in [-0.15, -0.1) is 0 Å².